The zero-order valence-corrected chi connectivity index (χ0v) is 8.93. The molecule has 2 nitrogen and oxygen atoms in total. The number of hydrogen-bond donors (Lipinski definition) is 1. The fraction of sp³-hybridized carbons (Fsp3) is 0.818. The van der Waals surface area contributed by atoms with Crippen LogP contribution >= 0.6 is 0 Å². The summed E-state index contributed by atoms with van der Waals surface area (Å²) in [6, 6.07) is 0.408. The van der Waals surface area contributed by atoms with Crippen molar-refractivity contribution in [2.24, 2.45) is 10.9 Å². The summed E-state index contributed by atoms with van der Waals surface area (Å²) in [6.45, 7) is 5.89. The number of rotatable bonds is 4. The van der Waals surface area contributed by atoms with Crippen molar-refractivity contribution in [1.82, 2.24) is 0 Å². The second-order valence-electron chi connectivity index (χ2n) is 4.22. The molecule has 2 heteroatoms. The van der Waals surface area contributed by atoms with E-state index >= 15 is 0 Å². The third-order valence-corrected chi connectivity index (χ3v) is 2.86. The minimum Gasteiger partial charge on any atom is -0.304 e. The molecule has 0 radical (unpaired) electrons. The molecule has 0 bridgehead atoms. The van der Waals surface area contributed by atoms with Crippen molar-refractivity contribution in [1.29, 1.82) is 5.41 Å². The molecule has 0 aromatic heterocycles. The van der Waals surface area contributed by atoms with Gasteiger partial charge in [-0.25, -0.2) is 0 Å². The van der Waals surface area contributed by atoms with Gasteiger partial charge in [-0.3, -0.25) is 4.99 Å². The zero-order valence-electron chi connectivity index (χ0n) is 8.93. The Bertz CT molecular complexity index is 214. The summed E-state index contributed by atoms with van der Waals surface area (Å²) >= 11 is 0. The first kappa shape index (κ1) is 10.4. The second kappa shape index (κ2) is 4.54. The van der Waals surface area contributed by atoms with E-state index in [0.29, 0.717) is 11.8 Å². The first-order chi connectivity index (χ1) is 6.09. The standard InChI is InChI=1S/C11H20N2/c1-8(7-11-5-4-6-11)13-10(3)9(2)12/h8,11-12H,4-7H2,1-3H3. The molecule has 1 unspecified atom stereocenters. The molecule has 74 valence electrons. The Kier molecular flexibility index (Phi) is 3.64. The van der Waals surface area contributed by atoms with Gasteiger partial charge in [0.1, 0.15) is 0 Å². The van der Waals surface area contributed by atoms with E-state index in [-0.39, 0.29) is 0 Å². The lowest BCUT2D eigenvalue weighted by atomic mass is 9.81. The molecule has 0 aromatic carbocycles. The summed E-state index contributed by atoms with van der Waals surface area (Å²) in [7, 11) is 0. The maximum Gasteiger partial charge on any atom is 0.0525 e. The molecule has 0 amide bonds. The van der Waals surface area contributed by atoms with Gasteiger partial charge < -0.3 is 5.41 Å². The van der Waals surface area contributed by atoms with E-state index in [4.69, 9.17) is 5.41 Å². The fourth-order valence-corrected chi connectivity index (χ4v) is 1.69. The van der Waals surface area contributed by atoms with E-state index in [2.05, 4.69) is 11.9 Å². The SMILES string of the molecule is CC(=N)C(C)=NC(C)CC1CCC1. The van der Waals surface area contributed by atoms with Crippen LogP contribution in [0.3, 0.4) is 0 Å². The summed E-state index contributed by atoms with van der Waals surface area (Å²) < 4.78 is 0. The van der Waals surface area contributed by atoms with Crippen molar-refractivity contribution >= 4 is 11.4 Å². The molecule has 1 rings (SSSR count). The van der Waals surface area contributed by atoms with Crippen LogP contribution in [0.5, 0.6) is 0 Å². The molecule has 0 saturated heterocycles. The molecule has 1 N–H and O–H groups in total. The second-order valence-corrected chi connectivity index (χ2v) is 4.22. The highest BCUT2D eigenvalue weighted by atomic mass is 14.8. The normalized spacial score (nSPS) is 21.0. The zero-order chi connectivity index (χ0) is 9.84. The van der Waals surface area contributed by atoms with Gasteiger partial charge >= 0.3 is 0 Å². The molecule has 1 aliphatic carbocycles. The molecular formula is C11H20N2. The summed E-state index contributed by atoms with van der Waals surface area (Å²) in [5, 5.41) is 7.40. The predicted molar refractivity (Wildman–Crippen MR) is 57.9 cm³/mol. The predicted octanol–water partition coefficient (Wildman–Crippen LogP) is 3.07. The Hall–Kier alpha value is -0.660. The van der Waals surface area contributed by atoms with Crippen LogP contribution in [0.2, 0.25) is 0 Å². The van der Waals surface area contributed by atoms with E-state index < -0.39 is 0 Å². The summed E-state index contributed by atoms with van der Waals surface area (Å²) in [4.78, 5) is 4.49. The minimum absolute atomic E-state index is 0.408. The van der Waals surface area contributed by atoms with Gasteiger partial charge in [-0.15, -0.1) is 0 Å². The van der Waals surface area contributed by atoms with Gasteiger partial charge in [0.25, 0.3) is 0 Å². The average molecular weight is 180 g/mol. The minimum atomic E-state index is 0.408. The van der Waals surface area contributed by atoms with Crippen LogP contribution in [-0.4, -0.2) is 17.5 Å². The molecule has 0 heterocycles. The molecule has 13 heavy (non-hydrogen) atoms. The van der Waals surface area contributed by atoms with Gasteiger partial charge in [0.15, 0.2) is 0 Å². The highest BCUT2D eigenvalue weighted by Gasteiger charge is 2.19. The van der Waals surface area contributed by atoms with Crippen LogP contribution in [0.1, 0.15) is 46.5 Å². The molecule has 1 fully saturated rings. The topological polar surface area (TPSA) is 36.2 Å². The summed E-state index contributed by atoms with van der Waals surface area (Å²) in [5.74, 6) is 0.914. The molecule has 0 spiro atoms. The van der Waals surface area contributed by atoms with E-state index in [0.717, 1.165) is 11.6 Å². The van der Waals surface area contributed by atoms with Crippen molar-refractivity contribution in [2.45, 2.75) is 52.5 Å². The Balaban J connectivity index is 2.33. The maximum atomic E-state index is 7.40. The number of nitrogens with zero attached hydrogens (tertiary/aromatic N) is 1. The van der Waals surface area contributed by atoms with Gasteiger partial charge in [0.2, 0.25) is 0 Å². The Morgan fingerprint density at radius 3 is 2.46 bits per heavy atom. The van der Waals surface area contributed by atoms with Crippen molar-refractivity contribution in [3.05, 3.63) is 0 Å². The van der Waals surface area contributed by atoms with E-state index in [1.165, 1.54) is 25.7 Å². The lowest BCUT2D eigenvalue weighted by Crippen LogP contribution is -2.18. The van der Waals surface area contributed by atoms with Crippen LogP contribution < -0.4 is 0 Å². The Morgan fingerprint density at radius 1 is 1.46 bits per heavy atom. The van der Waals surface area contributed by atoms with Gasteiger partial charge in [-0.05, 0) is 33.1 Å². The van der Waals surface area contributed by atoms with Gasteiger partial charge in [0, 0.05) is 11.8 Å². The quantitative estimate of drug-likeness (QED) is 0.645. The molecule has 1 saturated carbocycles. The highest BCUT2D eigenvalue weighted by Crippen LogP contribution is 2.31. The van der Waals surface area contributed by atoms with Crippen molar-refractivity contribution in [3.63, 3.8) is 0 Å². The number of hydrogen-bond acceptors (Lipinski definition) is 2. The lowest BCUT2D eigenvalue weighted by molar-refractivity contribution is 0.281. The molecule has 0 aliphatic heterocycles. The number of aliphatic imine (C=N–C) groups is 1. The number of nitrogens with one attached hydrogen (secondary N) is 1. The van der Waals surface area contributed by atoms with Gasteiger partial charge in [0.05, 0.1) is 5.71 Å². The molecule has 1 aliphatic rings. The lowest BCUT2D eigenvalue weighted by Gasteiger charge is -2.26. The maximum absolute atomic E-state index is 7.40. The summed E-state index contributed by atoms with van der Waals surface area (Å²) in [6.07, 6.45) is 5.40. The first-order valence-electron chi connectivity index (χ1n) is 5.19. The van der Waals surface area contributed by atoms with Crippen molar-refractivity contribution < 1.29 is 0 Å². The Morgan fingerprint density at radius 2 is 2.08 bits per heavy atom. The summed E-state index contributed by atoms with van der Waals surface area (Å²) in [5.41, 5.74) is 1.49. The monoisotopic (exact) mass is 180 g/mol. The largest absolute Gasteiger partial charge is 0.304 e. The van der Waals surface area contributed by atoms with E-state index in [1.54, 1.807) is 6.92 Å². The fourth-order valence-electron chi connectivity index (χ4n) is 1.69. The van der Waals surface area contributed by atoms with Crippen LogP contribution in [-0.2, 0) is 0 Å². The van der Waals surface area contributed by atoms with Crippen LogP contribution in [0.4, 0.5) is 0 Å². The third-order valence-electron chi connectivity index (χ3n) is 2.86. The smallest absolute Gasteiger partial charge is 0.0525 e. The van der Waals surface area contributed by atoms with Crippen LogP contribution in [0.25, 0.3) is 0 Å². The molecule has 0 aromatic rings. The third kappa shape index (κ3) is 3.29. The van der Waals surface area contributed by atoms with Gasteiger partial charge in [-0.1, -0.05) is 19.3 Å². The average Bonchev–Trinajstić information content (AvgIpc) is 1.96. The van der Waals surface area contributed by atoms with Crippen LogP contribution in [0.15, 0.2) is 4.99 Å². The highest BCUT2D eigenvalue weighted by molar-refractivity contribution is 6.39. The first-order valence-corrected chi connectivity index (χ1v) is 5.19. The van der Waals surface area contributed by atoms with E-state index in [1.807, 2.05) is 6.92 Å². The molecule has 1 atom stereocenters. The van der Waals surface area contributed by atoms with Crippen LogP contribution in [0, 0.1) is 11.3 Å². The Labute approximate surface area is 81.0 Å². The van der Waals surface area contributed by atoms with E-state index in [9.17, 15) is 0 Å². The van der Waals surface area contributed by atoms with Crippen molar-refractivity contribution in [3.8, 4) is 0 Å². The van der Waals surface area contributed by atoms with Gasteiger partial charge in [-0.2, -0.15) is 0 Å². The molecular weight excluding hydrogens is 160 g/mol. The van der Waals surface area contributed by atoms with Crippen molar-refractivity contribution in [2.75, 3.05) is 0 Å².